The van der Waals surface area contributed by atoms with Crippen molar-refractivity contribution in [2.24, 2.45) is 0 Å². The standard InChI is InChI=1S/C24H23N5O2/c1-3-28-14-19(22(30)18-10-9-15(2)26-23(18)28)24(31)27-17-7-4-6-16(12-17)20-13-25-21-8-5-11-29(20)21/h4,6-7,9-10,12-14H,3,5,8,11H2,1-2H3,(H,27,31). The molecule has 1 aliphatic rings. The maximum atomic E-state index is 13.0. The van der Waals surface area contributed by atoms with E-state index in [-0.39, 0.29) is 11.0 Å². The van der Waals surface area contributed by atoms with Crippen LogP contribution in [0.25, 0.3) is 22.3 Å². The number of pyridine rings is 2. The molecule has 0 saturated heterocycles. The van der Waals surface area contributed by atoms with Gasteiger partial charge in [-0.2, -0.15) is 0 Å². The number of imidazole rings is 1. The van der Waals surface area contributed by atoms with E-state index in [0.717, 1.165) is 42.2 Å². The lowest BCUT2D eigenvalue weighted by molar-refractivity contribution is 0.102. The third-order valence-electron chi connectivity index (χ3n) is 5.78. The molecule has 0 spiro atoms. The highest BCUT2D eigenvalue weighted by Gasteiger charge is 2.18. The molecule has 0 aliphatic carbocycles. The summed E-state index contributed by atoms with van der Waals surface area (Å²) in [4.78, 5) is 35.0. The van der Waals surface area contributed by atoms with Gasteiger partial charge in [0.15, 0.2) is 0 Å². The highest BCUT2D eigenvalue weighted by molar-refractivity contribution is 6.05. The van der Waals surface area contributed by atoms with E-state index < -0.39 is 5.91 Å². The molecule has 31 heavy (non-hydrogen) atoms. The Kier molecular flexibility index (Phi) is 4.66. The number of hydrogen-bond acceptors (Lipinski definition) is 4. The summed E-state index contributed by atoms with van der Waals surface area (Å²) in [7, 11) is 0. The van der Waals surface area contributed by atoms with Crippen molar-refractivity contribution in [1.29, 1.82) is 0 Å². The van der Waals surface area contributed by atoms with E-state index in [1.165, 1.54) is 0 Å². The molecule has 1 N–H and O–H groups in total. The first-order chi connectivity index (χ1) is 15.0. The number of amides is 1. The molecule has 0 saturated carbocycles. The Bertz CT molecular complexity index is 1380. The first kappa shape index (κ1) is 19.2. The van der Waals surface area contributed by atoms with Crippen LogP contribution in [-0.2, 0) is 19.5 Å². The molecule has 5 rings (SSSR count). The summed E-state index contributed by atoms with van der Waals surface area (Å²) < 4.78 is 4.06. The van der Waals surface area contributed by atoms with Crippen LogP contribution in [-0.4, -0.2) is 25.0 Å². The Labute approximate surface area is 179 Å². The maximum Gasteiger partial charge on any atom is 0.261 e. The molecule has 0 bridgehead atoms. The van der Waals surface area contributed by atoms with Crippen molar-refractivity contribution >= 4 is 22.6 Å². The molecule has 7 nitrogen and oxygen atoms in total. The Morgan fingerprint density at radius 1 is 1.23 bits per heavy atom. The third kappa shape index (κ3) is 3.32. The normalized spacial score (nSPS) is 12.8. The second kappa shape index (κ2) is 7.50. The lowest BCUT2D eigenvalue weighted by Crippen LogP contribution is -2.24. The predicted octanol–water partition coefficient (Wildman–Crippen LogP) is 3.79. The van der Waals surface area contributed by atoms with Gasteiger partial charge in [-0.15, -0.1) is 0 Å². The number of carbonyl (C=O) groups is 1. The van der Waals surface area contributed by atoms with E-state index in [1.54, 1.807) is 18.3 Å². The lowest BCUT2D eigenvalue weighted by Gasteiger charge is -2.12. The van der Waals surface area contributed by atoms with Gasteiger partial charge >= 0.3 is 0 Å². The number of carbonyl (C=O) groups excluding carboxylic acids is 1. The molecular formula is C24H23N5O2. The Morgan fingerprint density at radius 2 is 2.10 bits per heavy atom. The van der Waals surface area contributed by atoms with Crippen molar-refractivity contribution < 1.29 is 4.79 Å². The van der Waals surface area contributed by atoms with Gasteiger partial charge in [0.25, 0.3) is 5.91 Å². The average molecular weight is 413 g/mol. The summed E-state index contributed by atoms with van der Waals surface area (Å²) in [5, 5.41) is 3.34. The van der Waals surface area contributed by atoms with Crippen LogP contribution in [0.3, 0.4) is 0 Å². The zero-order valence-corrected chi connectivity index (χ0v) is 17.6. The number of fused-ring (bicyclic) bond motifs is 2. The number of rotatable bonds is 4. The van der Waals surface area contributed by atoms with Gasteiger partial charge in [0, 0.05) is 42.7 Å². The van der Waals surface area contributed by atoms with Crippen LogP contribution in [0.4, 0.5) is 5.69 Å². The Balaban J connectivity index is 1.49. The third-order valence-corrected chi connectivity index (χ3v) is 5.78. The van der Waals surface area contributed by atoms with Crippen molar-refractivity contribution in [2.45, 2.75) is 39.8 Å². The molecule has 1 aliphatic heterocycles. The van der Waals surface area contributed by atoms with Gasteiger partial charge in [-0.3, -0.25) is 9.59 Å². The number of anilines is 1. The number of hydrogen-bond donors (Lipinski definition) is 1. The van der Waals surface area contributed by atoms with Crippen LogP contribution < -0.4 is 10.7 Å². The first-order valence-corrected chi connectivity index (χ1v) is 10.5. The smallest absolute Gasteiger partial charge is 0.261 e. The van der Waals surface area contributed by atoms with Gasteiger partial charge in [0.1, 0.15) is 17.0 Å². The van der Waals surface area contributed by atoms with Crippen molar-refractivity contribution in [1.82, 2.24) is 19.1 Å². The van der Waals surface area contributed by atoms with E-state index >= 15 is 0 Å². The number of aromatic nitrogens is 4. The van der Waals surface area contributed by atoms with E-state index in [4.69, 9.17) is 0 Å². The Morgan fingerprint density at radius 3 is 2.94 bits per heavy atom. The minimum Gasteiger partial charge on any atom is -0.332 e. The minimum atomic E-state index is -0.426. The largest absolute Gasteiger partial charge is 0.332 e. The fourth-order valence-electron chi connectivity index (χ4n) is 4.21. The zero-order valence-electron chi connectivity index (χ0n) is 17.6. The number of benzene rings is 1. The SMILES string of the molecule is CCn1cc(C(=O)Nc2cccc(-c3cnc4n3CCC4)c2)c(=O)c2ccc(C)nc21. The summed E-state index contributed by atoms with van der Waals surface area (Å²) in [5.41, 5.74) is 3.90. The van der Waals surface area contributed by atoms with Gasteiger partial charge < -0.3 is 14.5 Å². The molecule has 156 valence electrons. The van der Waals surface area contributed by atoms with E-state index in [0.29, 0.717) is 23.3 Å². The summed E-state index contributed by atoms with van der Waals surface area (Å²) >= 11 is 0. The molecule has 4 aromatic rings. The first-order valence-electron chi connectivity index (χ1n) is 10.5. The van der Waals surface area contributed by atoms with Gasteiger partial charge in [0.05, 0.1) is 17.3 Å². The van der Waals surface area contributed by atoms with Crippen LogP contribution >= 0.6 is 0 Å². The van der Waals surface area contributed by atoms with Crippen molar-refractivity contribution in [3.8, 4) is 11.3 Å². The van der Waals surface area contributed by atoms with Crippen LogP contribution in [0.2, 0.25) is 0 Å². The summed E-state index contributed by atoms with van der Waals surface area (Å²) in [6.07, 6.45) is 5.58. The predicted molar refractivity (Wildman–Crippen MR) is 120 cm³/mol. The number of nitrogens with one attached hydrogen (secondary N) is 1. The highest BCUT2D eigenvalue weighted by atomic mass is 16.2. The number of aryl methyl sites for hydroxylation is 3. The summed E-state index contributed by atoms with van der Waals surface area (Å²) in [5.74, 6) is 0.676. The second-order valence-electron chi connectivity index (χ2n) is 7.83. The van der Waals surface area contributed by atoms with Gasteiger partial charge in [-0.1, -0.05) is 12.1 Å². The second-order valence-corrected chi connectivity index (χ2v) is 7.83. The molecule has 1 aromatic carbocycles. The number of nitrogens with zero attached hydrogens (tertiary/aromatic N) is 4. The van der Waals surface area contributed by atoms with Crippen LogP contribution in [0.15, 0.2) is 53.6 Å². The van der Waals surface area contributed by atoms with Crippen LogP contribution in [0, 0.1) is 6.92 Å². The van der Waals surface area contributed by atoms with E-state index in [1.807, 2.05) is 48.9 Å². The molecule has 0 unspecified atom stereocenters. The van der Waals surface area contributed by atoms with Crippen molar-refractivity contribution in [2.75, 3.05) is 5.32 Å². The fourth-order valence-corrected chi connectivity index (χ4v) is 4.21. The molecule has 1 amide bonds. The molecule has 0 radical (unpaired) electrons. The maximum absolute atomic E-state index is 13.0. The highest BCUT2D eigenvalue weighted by Crippen LogP contribution is 2.27. The van der Waals surface area contributed by atoms with Crippen LogP contribution in [0.1, 0.15) is 35.2 Å². The molecule has 3 aromatic heterocycles. The quantitative estimate of drug-likeness (QED) is 0.552. The van der Waals surface area contributed by atoms with E-state index in [9.17, 15) is 9.59 Å². The van der Waals surface area contributed by atoms with E-state index in [2.05, 4.69) is 19.9 Å². The molecule has 0 fully saturated rings. The lowest BCUT2D eigenvalue weighted by atomic mass is 10.1. The average Bonchev–Trinajstić information content (AvgIpc) is 3.38. The van der Waals surface area contributed by atoms with Gasteiger partial charge in [-0.25, -0.2) is 9.97 Å². The summed E-state index contributed by atoms with van der Waals surface area (Å²) in [6, 6.07) is 11.2. The Hall–Kier alpha value is -3.74. The van der Waals surface area contributed by atoms with Gasteiger partial charge in [0.2, 0.25) is 5.43 Å². The minimum absolute atomic E-state index is 0.107. The molecule has 4 heterocycles. The van der Waals surface area contributed by atoms with Crippen molar-refractivity contribution in [3.63, 3.8) is 0 Å². The monoisotopic (exact) mass is 413 g/mol. The van der Waals surface area contributed by atoms with Crippen LogP contribution in [0.5, 0.6) is 0 Å². The molecule has 7 heteroatoms. The molecular weight excluding hydrogens is 390 g/mol. The van der Waals surface area contributed by atoms with Crippen molar-refractivity contribution in [3.05, 3.63) is 76.1 Å². The van der Waals surface area contributed by atoms with Gasteiger partial charge in [-0.05, 0) is 44.5 Å². The summed E-state index contributed by atoms with van der Waals surface area (Å²) in [6.45, 7) is 5.41. The fraction of sp³-hybridized carbons (Fsp3) is 0.250. The molecule has 0 atom stereocenters. The topological polar surface area (TPSA) is 81.8 Å². The zero-order chi connectivity index (χ0) is 21.5.